The summed E-state index contributed by atoms with van der Waals surface area (Å²) >= 11 is 12.1. The van der Waals surface area contributed by atoms with Gasteiger partial charge in [0, 0.05) is 6.54 Å². The minimum absolute atomic E-state index is 0.0556. The fraction of sp³-hybridized carbons (Fsp3) is 0.417. The topological polar surface area (TPSA) is 21.6 Å². The zero-order valence-electron chi connectivity index (χ0n) is 9.04. The molecule has 0 saturated carbocycles. The van der Waals surface area contributed by atoms with Gasteiger partial charge in [-0.25, -0.2) is 0 Å². The van der Waals surface area contributed by atoms with Crippen LogP contribution >= 0.6 is 23.2 Å². The fourth-order valence-corrected chi connectivity index (χ4v) is 2.22. The van der Waals surface area contributed by atoms with Crippen molar-refractivity contribution in [1.82, 2.24) is 0 Å². The Labute approximate surface area is 105 Å². The monoisotopic (exact) mass is 257 g/mol. The van der Waals surface area contributed by atoms with E-state index in [4.69, 9.17) is 27.9 Å². The minimum Gasteiger partial charge on any atom is -0.482 e. The van der Waals surface area contributed by atoms with E-state index < -0.39 is 0 Å². The molecule has 2 rings (SSSR count). The van der Waals surface area contributed by atoms with Gasteiger partial charge in [0.25, 0.3) is 0 Å². The predicted octanol–water partition coefficient (Wildman–Crippen LogP) is 4.00. The largest absolute Gasteiger partial charge is 0.482 e. The Hall–Kier alpha value is -0.730. The van der Waals surface area contributed by atoms with Crippen molar-refractivity contribution in [3.63, 3.8) is 0 Å². The van der Waals surface area contributed by atoms with Gasteiger partial charge in [-0.1, -0.05) is 29.3 Å². The van der Waals surface area contributed by atoms with Crippen LogP contribution < -0.4 is 4.74 Å². The third-order valence-electron chi connectivity index (χ3n) is 2.59. The summed E-state index contributed by atoms with van der Waals surface area (Å²) in [7, 11) is 0. The van der Waals surface area contributed by atoms with Crippen LogP contribution in [-0.4, -0.2) is 18.4 Å². The molecule has 1 atom stereocenters. The number of para-hydroxylation sites is 1. The van der Waals surface area contributed by atoms with Gasteiger partial charge in [0.05, 0.1) is 15.8 Å². The standard InChI is InChI=1S/C12H13Cl2NO/c1-8(11-6-3-7-15-11)16-12-9(13)4-2-5-10(12)14/h2,4-5,8H,3,6-7H2,1H3. The molecule has 1 aliphatic rings. The summed E-state index contributed by atoms with van der Waals surface area (Å²) < 4.78 is 5.77. The maximum Gasteiger partial charge on any atom is 0.157 e. The lowest BCUT2D eigenvalue weighted by Crippen LogP contribution is -2.22. The van der Waals surface area contributed by atoms with Gasteiger partial charge < -0.3 is 4.74 Å². The van der Waals surface area contributed by atoms with Crippen LogP contribution in [0.25, 0.3) is 0 Å². The second kappa shape index (κ2) is 5.07. The van der Waals surface area contributed by atoms with E-state index in [1.54, 1.807) is 18.2 Å². The second-order valence-corrected chi connectivity index (χ2v) is 4.60. The number of halogens is 2. The molecule has 1 aliphatic heterocycles. The molecule has 1 heterocycles. The van der Waals surface area contributed by atoms with Gasteiger partial charge in [-0.2, -0.15) is 0 Å². The molecule has 0 saturated heterocycles. The molecule has 1 aromatic rings. The normalized spacial score (nSPS) is 17.1. The molecule has 0 aromatic heterocycles. The van der Waals surface area contributed by atoms with Crippen LogP contribution in [-0.2, 0) is 0 Å². The van der Waals surface area contributed by atoms with Crippen LogP contribution in [0.3, 0.4) is 0 Å². The van der Waals surface area contributed by atoms with Crippen LogP contribution in [0.15, 0.2) is 23.2 Å². The van der Waals surface area contributed by atoms with E-state index in [-0.39, 0.29) is 6.10 Å². The highest BCUT2D eigenvalue weighted by molar-refractivity contribution is 6.37. The summed E-state index contributed by atoms with van der Waals surface area (Å²) in [6, 6.07) is 5.34. The Balaban J connectivity index is 2.14. The number of ether oxygens (including phenoxy) is 1. The molecule has 2 nitrogen and oxygen atoms in total. The first-order valence-electron chi connectivity index (χ1n) is 5.32. The lowest BCUT2D eigenvalue weighted by molar-refractivity contribution is 0.286. The Bertz CT molecular complexity index is 397. The van der Waals surface area contributed by atoms with Crippen LogP contribution in [0, 0.1) is 0 Å². The van der Waals surface area contributed by atoms with Gasteiger partial charge in [0.15, 0.2) is 5.75 Å². The highest BCUT2D eigenvalue weighted by atomic mass is 35.5. The van der Waals surface area contributed by atoms with Gasteiger partial charge in [-0.05, 0) is 31.9 Å². The highest BCUT2D eigenvalue weighted by Crippen LogP contribution is 2.33. The maximum absolute atomic E-state index is 6.03. The van der Waals surface area contributed by atoms with Crippen molar-refractivity contribution >= 4 is 28.9 Å². The Kier molecular flexibility index (Phi) is 3.72. The van der Waals surface area contributed by atoms with Gasteiger partial charge in [-0.3, -0.25) is 4.99 Å². The van der Waals surface area contributed by atoms with Crippen molar-refractivity contribution in [1.29, 1.82) is 0 Å². The van der Waals surface area contributed by atoms with E-state index in [0.717, 1.165) is 25.1 Å². The summed E-state index contributed by atoms with van der Waals surface area (Å²) in [6.07, 6.45) is 2.06. The molecule has 0 N–H and O–H groups in total. The molecule has 0 amide bonds. The SMILES string of the molecule is CC(Oc1c(Cl)cccc1Cl)C1=NCCC1. The Morgan fingerprint density at radius 1 is 1.31 bits per heavy atom. The van der Waals surface area contributed by atoms with Gasteiger partial charge in [0.1, 0.15) is 6.10 Å². The second-order valence-electron chi connectivity index (χ2n) is 3.79. The van der Waals surface area contributed by atoms with E-state index in [0.29, 0.717) is 15.8 Å². The summed E-state index contributed by atoms with van der Waals surface area (Å²) in [5, 5.41) is 1.08. The number of hydrogen-bond donors (Lipinski definition) is 0. The summed E-state index contributed by atoms with van der Waals surface area (Å²) in [5.74, 6) is 0.549. The smallest absolute Gasteiger partial charge is 0.157 e. The molecule has 1 unspecified atom stereocenters. The first-order valence-corrected chi connectivity index (χ1v) is 6.08. The Morgan fingerprint density at radius 3 is 2.56 bits per heavy atom. The minimum atomic E-state index is -0.0556. The molecule has 0 radical (unpaired) electrons. The zero-order valence-corrected chi connectivity index (χ0v) is 10.6. The van der Waals surface area contributed by atoms with Crippen molar-refractivity contribution < 1.29 is 4.74 Å². The zero-order chi connectivity index (χ0) is 11.5. The van der Waals surface area contributed by atoms with E-state index >= 15 is 0 Å². The number of rotatable bonds is 3. The summed E-state index contributed by atoms with van der Waals surface area (Å²) in [5.41, 5.74) is 1.09. The summed E-state index contributed by atoms with van der Waals surface area (Å²) in [6.45, 7) is 2.88. The van der Waals surface area contributed by atoms with Crippen molar-refractivity contribution in [3.8, 4) is 5.75 Å². The Morgan fingerprint density at radius 2 is 2.00 bits per heavy atom. The number of nitrogens with zero attached hydrogens (tertiary/aromatic N) is 1. The fourth-order valence-electron chi connectivity index (χ4n) is 1.73. The lowest BCUT2D eigenvalue weighted by atomic mass is 10.2. The number of aliphatic imine (C=N–C) groups is 1. The molecule has 0 fully saturated rings. The molecule has 1 aromatic carbocycles. The molecule has 0 bridgehead atoms. The first-order chi connectivity index (χ1) is 7.68. The van der Waals surface area contributed by atoms with E-state index in [9.17, 15) is 0 Å². The van der Waals surface area contributed by atoms with E-state index in [1.807, 2.05) is 6.92 Å². The van der Waals surface area contributed by atoms with Gasteiger partial charge >= 0.3 is 0 Å². The summed E-state index contributed by atoms with van der Waals surface area (Å²) in [4.78, 5) is 4.40. The molecular weight excluding hydrogens is 245 g/mol. The molecule has 0 aliphatic carbocycles. The van der Waals surface area contributed by atoms with Crippen molar-refractivity contribution in [3.05, 3.63) is 28.2 Å². The molecule has 16 heavy (non-hydrogen) atoms. The van der Waals surface area contributed by atoms with Gasteiger partial charge in [-0.15, -0.1) is 0 Å². The number of benzene rings is 1. The van der Waals surface area contributed by atoms with Crippen molar-refractivity contribution in [2.75, 3.05) is 6.54 Å². The third kappa shape index (κ3) is 2.50. The van der Waals surface area contributed by atoms with E-state index in [1.165, 1.54) is 0 Å². The van der Waals surface area contributed by atoms with Crippen LogP contribution in [0.4, 0.5) is 0 Å². The first kappa shape index (κ1) is 11.7. The highest BCUT2D eigenvalue weighted by Gasteiger charge is 2.18. The average Bonchev–Trinajstić information content (AvgIpc) is 2.76. The van der Waals surface area contributed by atoms with Crippen LogP contribution in [0.1, 0.15) is 19.8 Å². The van der Waals surface area contributed by atoms with Crippen molar-refractivity contribution in [2.24, 2.45) is 4.99 Å². The third-order valence-corrected chi connectivity index (χ3v) is 3.18. The molecule has 4 heteroatoms. The van der Waals surface area contributed by atoms with Gasteiger partial charge in [0.2, 0.25) is 0 Å². The molecular formula is C12H13Cl2NO. The van der Waals surface area contributed by atoms with Crippen molar-refractivity contribution in [2.45, 2.75) is 25.9 Å². The average molecular weight is 258 g/mol. The molecule has 86 valence electrons. The maximum atomic E-state index is 6.03. The quantitative estimate of drug-likeness (QED) is 0.803. The molecule has 0 spiro atoms. The van der Waals surface area contributed by atoms with Crippen LogP contribution in [0.5, 0.6) is 5.75 Å². The predicted molar refractivity (Wildman–Crippen MR) is 68.1 cm³/mol. The lowest BCUT2D eigenvalue weighted by Gasteiger charge is -2.16. The van der Waals surface area contributed by atoms with E-state index in [2.05, 4.69) is 4.99 Å². The van der Waals surface area contributed by atoms with Crippen LogP contribution in [0.2, 0.25) is 10.0 Å². The number of hydrogen-bond acceptors (Lipinski definition) is 2.